The molecular formula is C20H24ClF2N2O3+. The number of quaternary nitrogens is 1. The molecule has 1 amide bonds. The molecule has 1 unspecified atom stereocenters. The van der Waals surface area contributed by atoms with Gasteiger partial charge in [-0.05, 0) is 42.3 Å². The highest BCUT2D eigenvalue weighted by Crippen LogP contribution is 2.21. The van der Waals surface area contributed by atoms with Crippen molar-refractivity contribution in [1.29, 1.82) is 0 Å². The van der Waals surface area contributed by atoms with Crippen LogP contribution < -0.4 is 19.7 Å². The van der Waals surface area contributed by atoms with Gasteiger partial charge in [-0.1, -0.05) is 23.7 Å². The number of carbonyl (C=O) groups is 1. The molecule has 0 aromatic heterocycles. The minimum absolute atomic E-state index is 0.0730. The Hall–Kier alpha value is -2.38. The molecule has 0 saturated carbocycles. The zero-order valence-electron chi connectivity index (χ0n) is 15.8. The monoisotopic (exact) mass is 413 g/mol. The van der Waals surface area contributed by atoms with Crippen molar-refractivity contribution in [3.63, 3.8) is 0 Å². The maximum Gasteiger partial charge on any atom is 0.387 e. The molecule has 0 heterocycles. The maximum absolute atomic E-state index is 12.1. The summed E-state index contributed by atoms with van der Waals surface area (Å²) in [5.41, 5.74) is 1.86. The van der Waals surface area contributed by atoms with Gasteiger partial charge in [0.05, 0.1) is 14.2 Å². The number of nitrogens with one attached hydrogen (secondary N) is 2. The van der Waals surface area contributed by atoms with Gasteiger partial charge in [0.15, 0.2) is 6.54 Å². The number of likely N-dealkylation sites (N-methyl/N-ethyl adjacent to an activating group) is 1. The van der Waals surface area contributed by atoms with E-state index < -0.39 is 6.61 Å². The fourth-order valence-electron chi connectivity index (χ4n) is 2.79. The van der Waals surface area contributed by atoms with Gasteiger partial charge in [-0.3, -0.25) is 4.79 Å². The molecule has 0 aliphatic carbocycles. The Morgan fingerprint density at radius 1 is 1.21 bits per heavy atom. The van der Waals surface area contributed by atoms with Crippen LogP contribution in [0.25, 0.3) is 0 Å². The van der Waals surface area contributed by atoms with E-state index in [-0.39, 0.29) is 11.7 Å². The highest BCUT2D eigenvalue weighted by Gasteiger charge is 2.13. The topological polar surface area (TPSA) is 52.0 Å². The number of halogens is 3. The molecule has 2 aromatic rings. The minimum atomic E-state index is -2.84. The Kier molecular flexibility index (Phi) is 8.47. The summed E-state index contributed by atoms with van der Waals surface area (Å²) in [6.07, 6.45) is 0.599. The lowest BCUT2D eigenvalue weighted by atomic mass is 10.1. The molecular weight excluding hydrogens is 390 g/mol. The smallest absolute Gasteiger partial charge is 0.387 e. The highest BCUT2D eigenvalue weighted by molar-refractivity contribution is 6.30. The number of rotatable bonds is 10. The van der Waals surface area contributed by atoms with E-state index in [4.69, 9.17) is 16.3 Å². The van der Waals surface area contributed by atoms with Gasteiger partial charge < -0.3 is 19.7 Å². The second kappa shape index (κ2) is 10.8. The summed E-state index contributed by atoms with van der Waals surface area (Å²) in [5.74, 6) is 0.782. The van der Waals surface area contributed by atoms with Crippen LogP contribution in [0.1, 0.15) is 11.1 Å². The zero-order chi connectivity index (χ0) is 20.5. The summed E-state index contributed by atoms with van der Waals surface area (Å²) in [6.45, 7) is -1.47. The predicted molar refractivity (Wildman–Crippen MR) is 103 cm³/mol. The van der Waals surface area contributed by atoms with Crippen LogP contribution in [0.2, 0.25) is 5.02 Å². The Labute approximate surface area is 168 Å². The predicted octanol–water partition coefficient (Wildman–Crippen LogP) is 2.32. The zero-order valence-corrected chi connectivity index (χ0v) is 16.6. The maximum atomic E-state index is 12.1. The summed E-state index contributed by atoms with van der Waals surface area (Å²) >= 11 is 6.04. The molecule has 0 spiro atoms. The van der Waals surface area contributed by atoms with Gasteiger partial charge in [-0.15, -0.1) is 0 Å². The first-order valence-electron chi connectivity index (χ1n) is 8.81. The van der Waals surface area contributed by atoms with Crippen molar-refractivity contribution in [1.82, 2.24) is 5.32 Å². The summed E-state index contributed by atoms with van der Waals surface area (Å²) in [6, 6.07) is 11.8. The largest absolute Gasteiger partial charge is 0.496 e. The van der Waals surface area contributed by atoms with Crippen molar-refractivity contribution < 1.29 is 27.9 Å². The number of hydrogen-bond donors (Lipinski definition) is 2. The van der Waals surface area contributed by atoms with Gasteiger partial charge in [-0.2, -0.15) is 8.78 Å². The molecule has 152 valence electrons. The van der Waals surface area contributed by atoms with Crippen LogP contribution in [0.3, 0.4) is 0 Å². The molecule has 2 aromatic carbocycles. The number of carbonyl (C=O) groups excluding carboxylic acids is 1. The van der Waals surface area contributed by atoms with Gasteiger partial charge in [0.25, 0.3) is 5.91 Å². The van der Waals surface area contributed by atoms with Crippen molar-refractivity contribution in [3.05, 3.63) is 58.6 Å². The third-order valence-electron chi connectivity index (χ3n) is 4.08. The molecule has 8 heteroatoms. The van der Waals surface area contributed by atoms with Crippen molar-refractivity contribution >= 4 is 17.5 Å². The number of ether oxygens (including phenoxy) is 2. The van der Waals surface area contributed by atoms with E-state index in [9.17, 15) is 13.6 Å². The van der Waals surface area contributed by atoms with Gasteiger partial charge in [-0.25, -0.2) is 0 Å². The molecule has 0 aliphatic heterocycles. The Morgan fingerprint density at radius 3 is 2.57 bits per heavy atom. The Balaban J connectivity index is 1.75. The molecule has 2 N–H and O–H groups in total. The molecule has 0 aliphatic rings. The Morgan fingerprint density at radius 2 is 1.93 bits per heavy atom. The van der Waals surface area contributed by atoms with E-state index >= 15 is 0 Å². The number of methoxy groups -OCH3 is 1. The normalized spacial score (nSPS) is 11.9. The second-order valence-corrected chi connectivity index (χ2v) is 6.83. The first kappa shape index (κ1) is 21.9. The van der Waals surface area contributed by atoms with Crippen LogP contribution in [-0.4, -0.2) is 39.8 Å². The van der Waals surface area contributed by atoms with Crippen LogP contribution in [0, 0.1) is 0 Å². The average Bonchev–Trinajstić information content (AvgIpc) is 2.63. The van der Waals surface area contributed by atoms with Crippen molar-refractivity contribution in [2.45, 2.75) is 19.6 Å². The fourth-order valence-corrected chi connectivity index (χ4v) is 2.99. The third kappa shape index (κ3) is 7.32. The van der Waals surface area contributed by atoms with E-state index in [2.05, 4.69) is 10.1 Å². The number of benzene rings is 2. The lowest BCUT2D eigenvalue weighted by molar-refractivity contribution is -0.885. The third-order valence-corrected chi connectivity index (χ3v) is 4.32. The summed E-state index contributed by atoms with van der Waals surface area (Å²) in [5, 5.41) is 3.49. The van der Waals surface area contributed by atoms with Gasteiger partial charge in [0.1, 0.15) is 18.0 Å². The number of hydrogen-bond acceptors (Lipinski definition) is 3. The van der Waals surface area contributed by atoms with E-state index in [1.807, 2.05) is 19.2 Å². The van der Waals surface area contributed by atoms with Crippen LogP contribution in [0.4, 0.5) is 8.78 Å². The van der Waals surface area contributed by atoms with Crippen LogP contribution in [-0.2, 0) is 17.8 Å². The lowest BCUT2D eigenvalue weighted by Crippen LogP contribution is -3.08. The van der Waals surface area contributed by atoms with E-state index in [1.54, 1.807) is 25.3 Å². The minimum Gasteiger partial charge on any atom is -0.496 e. The van der Waals surface area contributed by atoms with Crippen molar-refractivity contribution in [2.75, 3.05) is 27.2 Å². The SMILES string of the molecule is COc1ccc(Cl)cc1C[NH+](C)CC(=O)NCCc1ccc(OC(F)F)cc1. The van der Waals surface area contributed by atoms with Crippen LogP contribution in [0.15, 0.2) is 42.5 Å². The Bertz CT molecular complexity index is 773. The average molecular weight is 414 g/mol. The first-order valence-corrected chi connectivity index (χ1v) is 9.19. The first-order chi connectivity index (χ1) is 13.4. The molecule has 2 rings (SSSR count). The molecule has 0 fully saturated rings. The second-order valence-electron chi connectivity index (χ2n) is 6.39. The van der Waals surface area contributed by atoms with Gasteiger partial charge in [0, 0.05) is 17.1 Å². The standard InChI is InChI=1S/C20H23ClF2N2O3/c1-25(12-15-11-16(21)5-8-18(15)27-2)13-19(26)24-10-9-14-3-6-17(7-4-14)28-20(22)23/h3-8,11,20H,9-10,12-13H2,1-2H3,(H,24,26)/p+1. The van der Waals surface area contributed by atoms with Crippen molar-refractivity contribution in [2.24, 2.45) is 0 Å². The number of alkyl halides is 2. The number of amides is 1. The van der Waals surface area contributed by atoms with Crippen molar-refractivity contribution in [3.8, 4) is 11.5 Å². The molecule has 5 nitrogen and oxygen atoms in total. The molecule has 28 heavy (non-hydrogen) atoms. The lowest BCUT2D eigenvalue weighted by Gasteiger charge is -2.16. The van der Waals surface area contributed by atoms with E-state index in [1.165, 1.54) is 12.1 Å². The summed E-state index contributed by atoms with van der Waals surface area (Å²) in [4.78, 5) is 13.1. The van der Waals surface area contributed by atoms with E-state index in [0.717, 1.165) is 21.8 Å². The summed E-state index contributed by atoms with van der Waals surface area (Å²) < 4.78 is 33.9. The summed E-state index contributed by atoms with van der Waals surface area (Å²) in [7, 11) is 3.52. The highest BCUT2D eigenvalue weighted by atomic mass is 35.5. The molecule has 1 atom stereocenters. The van der Waals surface area contributed by atoms with Gasteiger partial charge in [0.2, 0.25) is 0 Å². The molecule has 0 bridgehead atoms. The van der Waals surface area contributed by atoms with E-state index in [0.29, 0.717) is 31.1 Å². The van der Waals surface area contributed by atoms with Gasteiger partial charge >= 0.3 is 6.61 Å². The fraction of sp³-hybridized carbons (Fsp3) is 0.350. The van der Waals surface area contributed by atoms with Crippen LogP contribution >= 0.6 is 11.6 Å². The molecule has 0 saturated heterocycles. The quantitative estimate of drug-likeness (QED) is 0.628. The van der Waals surface area contributed by atoms with Crippen LogP contribution in [0.5, 0.6) is 11.5 Å². The molecule has 0 radical (unpaired) electrons.